The number of nitrogens with zero attached hydrogens (tertiary/aromatic N) is 3. The summed E-state index contributed by atoms with van der Waals surface area (Å²) < 4.78 is 23.1. The molecule has 2 amide bonds. The third kappa shape index (κ3) is 2.75. The molecule has 0 aromatic carbocycles. The molecule has 0 radical (unpaired) electrons. The largest absolute Gasteiger partial charge is 0.301 e. The van der Waals surface area contributed by atoms with Crippen molar-refractivity contribution in [1.29, 1.82) is 0 Å². The number of hydrogen-bond donors (Lipinski definition) is 1. The van der Waals surface area contributed by atoms with Crippen molar-refractivity contribution in [3.63, 3.8) is 0 Å². The summed E-state index contributed by atoms with van der Waals surface area (Å²) in [5.74, 6) is -2.05. The number of carbonyl (C=O) groups excluding carboxylic acids is 2. The van der Waals surface area contributed by atoms with Crippen molar-refractivity contribution in [3.8, 4) is 0 Å². The molecule has 22 heavy (non-hydrogen) atoms. The zero-order valence-electron chi connectivity index (χ0n) is 11.7. The molecule has 0 bridgehead atoms. The Kier molecular flexibility index (Phi) is 3.73. The van der Waals surface area contributed by atoms with Crippen LogP contribution in [0.3, 0.4) is 0 Å². The van der Waals surface area contributed by atoms with Crippen LogP contribution in [-0.4, -0.2) is 53.5 Å². The first kappa shape index (κ1) is 15.1. The van der Waals surface area contributed by atoms with E-state index in [0.717, 1.165) is 5.01 Å². The summed E-state index contributed by atoms with van der Waals surface area (Å²) in [5.41, 5.74) is 0.364. The van der Waals surface area contributed by atoms with Gasteiger partial charge in [0.2, 0.25) is 5.91 Å². The number of aromatic nitrogens is 1. The Labute approximate surface area is 131 Å². The van der Waals surface area contributed by atoms with Gasteiger partial charge in [0, 0.05) is 11.6 Å². The number of rotatable bonds is 3. The van der Waals surface area contributed by atoms with E-state index in [4.69, 9.17) is 0 Å². The average Bonchev–Trinajstić information content (AvgIpc) is 3.10. The van der Waals surface area contributed by atoms with Gasteiger partial charge in [-0.15, -0.1) is 11.3 Å². The number of carbonyl (C=O) groups is 2. The third-order valence-corrected chi connectivity index (χ3v) is 6.07. The number of thiazole rings is 1. The van der Waals surface area contributed by atoms with Crippen LogP contribution in [0.15, 0.2) is 16.7 Å². The van der Waals surface area contributed by atoms with Crippen LogP contribution in [0, 0.1) is 5.92 Å². The van der Waals surface area contributed by atoms with Gasteiger partial charge in [0.1, 0.15) is 0 Å². The van der Waals surface area contributed by atoms with E-state index in [1.54, 1.807) is 18.5 Å². The lowest BCUT2D eigenvalue weighted by Crippen LogP contribution is -2.40. The molecule has 0 spiro atoms. The normalized spacial score (nSPS) is 27.0. The van der Waals surface area contributed by atoms with E-state index in [2.05, 4.69) is 15.4 Å². The number of hydrogen-bond acceptors (Lipinski definition) is 7. The highest BCUT2D eigenvalue weighted by atomic mass is 32.2. The fourth-order valence-corrected chi connectivity index (χ4v) is 4.81. The van der Waals surface area contributed by atoms with Gasteiger partial charge < -0.3 is 5.32 Å². The molecular weight excluding hydrogens is 328 g/mol. The van der Waals surface area contributed by atoms with Crippen molar-refractivity contribution in [2.75, 3.05) is 16.8 Å². The summed E-state index contributed by atoms with van der Waals surface area (Å²) in [6.45, 7) is 1.59. The van der Waals surface area contributed by atoms with Crippen LogP contribution < -0.4 is 5.32 Å². The first-order chi connectivity index (χ1) is 10.4. The standard InChI is InChI=1S/C12H14N4O4S2/c1-7-9(10(17)14-12-13-3-4-21-12)11(18)16(15-7)8-2-5-22(19,20)6-8/h3-4,8-9H,2,5-6H2,1H3,(H,13,14,17)/t8-,9+/m1/s1. The number of anilines is 1. The zero-order valence-corrected chi connectivity index (χ0v) is 13.4. The fourth-order valence-electron chi connectivity index (χ4n) is 2.58. The summed E-state index contributed by atoms with van der Waals surface area (Å²) in [7, 11) is -3.12. The van der Waals surface area contributed by atoms with Crippen molar-refractivity contribution >= 4 is 43.8 Å². The van der Waals surface area contributed by atoms with E-state index in [1.165, 1.54) is 11.3 Å². The van der Waals surface area contributed by atoms with Crippen molar-refractivity contribution < 1.29 is 18.0 Å². The van der Waals surface area contributed by atoms with Crippen LogP contribution in [-0.2, 0) is 19.4 Å². The van der Waals surface area contributed by atoms with Gasteiger partial charge in [-0.25, -0.2) is 18.4 Å². The molecule has 0 saturated carbocycles. The highest BCUT2D eigenvalue weighted by molar-refractivity contribution is 7.91. The Bertz CT molecular complexity index is 741. The van der Waals surface area contributed by atoms with E-state index in [-0.39, 0.29) is 11.5 Å². The SMILES string of the molecule is CC1=NN([C@@H]2CCS(=O)(=O)C2)C(=O)[C@@H]1C(=O)Nc1nccs1. The second-order valence-corrected chi connectivity index (χ2v) is 8.36. The van der Waals surface area contributed by atoms with Crippen molar-refractivity contribution in [2.24, 2.45) is 11.0 Å². The van der Waals surface area contributed by atoms with Gasteiger partial charge in [0.05, 0.1) is 23.3 Å². The Morgan fingerprint density at radius 3 is 2.86 bits per heavy atom. The molecule has 1 aromatic heterocycles. The zero-order chi connectivity index (χ0) is 15.9. The van der Waals surface area contributed by atoms with Gasteiger partial charge in [-0.2, -0.15) is 5.10 Å². The van der Waals surface area contributed by atoms with Crippen LogP contribution in [0.2, 0.25) is 0 Å². The second-order valence-electron chi connectivity index (χ2n) is 5.24. The molecule has 1 fully saturated rings. The number of amides is 2. The summed E-state index contributed by atoms with van der Waals surface area (Å²) >= 11 is 1.25. The number of nitrogens with one attached hydrogen (secondary N) is 1. The van der Waals surface area contributed by atoms with Gasteiger partial charge in [-0.1, -0.05) is 0 Å². The fraction of sp³-hybridized carbons (Fsp3) is 0.500. The third-order valence-electron chi connectivity index (χ3n) is 3.63. The smallest absolute Gasteiger partial charge is 0.261 e. The van der Waals surface area contributed by atoms with E-state index < -0.39 is 33.6 Å². The maximum absolute atomic E-state index is 12.4. The lowest BCUT2D eigenvalue weighted by molar-refractivity contribution is -0.137. The van der Waals surface area contributed by atoms with Crippen LogP contribution in [0.1, 0.15) is 13.3 Å². The van der Waals surface area contributed by atoms with Crippen molar-refractivity contribution in [1.82, 2.24) is 9.99 Å². The van der Waals surface area contributed by atoms with Gasteiger partial charge >= 0.3 is 0 Å². The summed E-state index contributed by atoms with van der Waals surface area (Å²) in [6.07, 6.45) is 1.90. The van der Waals surface area contributed by atoms with Gasteiger partial charge in [0.15, 0.2) is 20.9 Å². The molecule has 3 rings (SSSR count). The van der Waals surface area contributed by atoms with Gasteiger partial charge in [-0.3, -0.25) is 9.59 Å². The quantitative estimate of drug-likeness (QED) is 0.784. The molecule has 0 unspecified atom stereocenters. The summed E-state index contributed by atoms with van der Waals surface area (Å²) in [4.78, 5) is 28.6. The van der Waals surface area contributed by atoms with E-state index >= 15 is 0 Å². The van der Waals surface area contributed by atoms with E-state index in [0.29, 0.717) is 17.3 Å². The van der Waals surface area contributed by atoms with E-state index in [9.17, 15) is 18.0 Å². The Balaban J connectivity index is 1.74. The van der Waals surface area contributed by atoms with E-state index in [1.807, 2.05) is 0 Å². The highest BCUT2D eigenvalue weighted by Gasteiger charge is 2.44. The lowest BCUT2D eigenvalue weighted by Gasteiger charge is -2.19. The predicted octanol–water partition coefficient (Wildman–Crippen LogP) is 0.103. The molecule has 1 aromatic rings. The molecule has 0 aliphatic carbocycles. The maximum Gasteiger partial charge on any atom is 0.261 e. The second kappa shape index (κ2) is 5.43. The molecule has 118 valence electrons. The van der Waals surface area contributed by atoms with Gasteiger partial charge in [-0.05, 0) is 13.3 Å². The summed E-state index contributed by atoms with van der Waals surface area (Å²) in [6, 6.07) is -0.481. The Morgan fingerprint density at radius 1 is 1.50 bits per heavy atom. The highest BCUT2D eigenvalue weighted by Crippen LogP contribution is 2.26. The molecular formula is C12H14N4O4S2. The number of sulfone groups is 1. The van der Waals surface area contributed by atoms with Crippen LogP contribution in [0.25, 0.3) is 0 Å². The number of hydrazone groups is 1. The van der Waals surface area contributed by atoms with Crippen LogP contribution in [0.4, 0.5) is 5.13 Å². The minimum Gasteiger partial charge on any atom is -0.301 e. The molecule has 2 atom stereocenters. The first-order valence-corrected chi connectivity index (χ1v) is 9.36. The molecule has 2 aliphatic heterocycles. The average molecular weight is 342 g/mol. The Morgan fingerprint density at radius 2 is 2.27 bits per heavy atom. The van der Waals surface area contributed by atoms with Crippen molar-refractivity contribution in [3.05, 3.63) is 11.6 Å². The van der Waals surface area contributed by atoms with Crippen LogP contribution >= 0.6 is 11.3 Å². The Hall–Kier alpha value is -1.81. The first-order valence-electron chi connectivity index (χ1n) is 6.66. The maximum atomic E-state index is 12.4. The van der Waals surface area contributed by atoms with Crippen molar-refractivity contribution in [2.45, 2.75) is 19.4 Å². The molecule has 10 heteroatoms. The molecule has 1 saturated heterocycles. The predicted molar refractivity (Wildman–Crippen MR) is 81.2 cm³/mol. The van der Waals surface area contributed by atoms with Gasteiger partial charge in [0.25, 0.3) is 5.91 Å². The minimum atomic E-state index is -3.12. The minimum absolute atomic E-state index is 0.0476. The molecule has 1 N–H and O–H groups in total. The topological polar surface area (TPSA) is 109 Å². The summed E-state index contributed by atoms with van der Waals surface area (Å²) in [5, 5.41) is 9.96. The lowest BCUT2D eigenvalue weighted by atomic mass is 10.0. The molecule has 2 aliphatic rings. The van der Waals surface area contributed by atoms with Crippen LogP contribution in [0.5, 0.6) is 0 Å². The molecule has 8 nitrogen and oxygen atoms in total. The molecule has 3 heterocycles. The monoisotopic (exact) mass is 342 g/mol.